The van der Waals surface area contributed by atoms with Gasteiger partial charge in [0.05, 0.1) is 18.9 Å². The Bertz CT molecular complexity index is 547. The monoisotopic (exact) mass is 258 g/mol. The summed E-state index contributed by atoms with van der Waals surface area (Å²) in [4.78, 5) is 0. The van der Waals surface area contributed by atoms with Crippen LogP contribution in [0.4, 0.5) is 0 Å². The van der Waals surface area contributed by atoms with Gasteiger partial charge in [-0.05, 0) is 43.7 Å². The molecule has 0 amide bonds. The normalized spacial score (nSPS) is 11.3. The van der Waals surface area contributed by atoms with E-state index < -0.39 is 0 Å². The van der Waals surface area contributed by atoms with E-state index in [-0.39, 0.29) is 6.10 Å². The van der Waals surface area contributed by atoms with Crippen LogP contribution < -0.4 is 10.6 Å². The average molecular weight is 258 g/mol. The highest BCUT2D eigenvalue weighted by molar-refractivity contribution is 5.80. The molecule has 100 valence electrons. The summed E-state index contributed by atoms with van der Waals surface area (Å²) in [6.07, 6.45) is 5.42. The first-order chi connectivity index (χ1) is 9.19. The molecule has 2 rings (SSSR count). The van der Waals surface area contributed by atoms with Crippen LogP contribution in [0.2, 0.25) is 0 Å². The summed E-state index contributed by atoms with van der Waals surface area (Å²) in [5.41, 5.74) is 2.00. The van der Waals surface area contributed by atoms with Gasteiger partial charge in [-0.15, -0.1) is 0 Å². The Morgan fingerprint density at radius 2 is 2.32 bits per heavy atom. The van der Waals surface area contributed by atoms with Crippen molar-refractivity contribution in [1.82, 2.24) is 9.78 Å². The predicted octanol–water partition coefficient (Wildman–Crippen LogP) is 2.01. The van der Waals surface area contributed by atoms with Gasteiger partial charge >= 0.3 is 0 Å². The summed E-state index contributed by atoms with van der Waals surface area (Å²) in [5, 5.41) is 7.76. The van der Waals surface area contributed by atoms with Crippen molar-refractivity contribution >= 4 is 6.21 Å². The maximum Gasteiger partial charge on any atom is 0.124 e. The molecule has 1 heterocycles. The van der Waals surface area contributed by atoms with Gasteiger partial charge in [0, 0.05) is 18.0 Å². The van der Waals surface area contributed by atoms with Crippen molar-refractivity contribution in [2.45, 2.75) is 26.5 Å². The molecule has 0 aliphatic heterocycles. The van der Waals surface area contributed by atoms with Crippen LogP contribution in [-0.2, 0) is 6.54 Å². The van der Waals surface area contributed by atoms with Gasteiger partial charge < -0.3 is 10.6 Å². The number of nitrogens with zero attached hydrogens (tertiary/aromatic N) is 3. The van der Waals surface area contributed by atoms with Crippen LogP contribution in [-0.4, -0.2) is 22.1 Å². The van der Waals surface area contributed by atoms with Crippen molar-refractivity contribution in [2.75, 3.05) is 0 Å². The topological polar surface area (TPSA) is 65.4 Å². The molecule has 0 saturated heterocycles. The fourth-order valence-corrected chi connectivity index (χ4v) is 1.83. The summed E-state index contributed by atoms with van der Waals surface area (Å²) < 4.78 is 7.66. The van der Waals surface area contributed by atoms with Gasteiger partial charge in [0.25, 0.3) is 0 Å². The maximum atomic E-state index is 5.81. The van der Waals surface area contributed by atoms with Gasteiger partial charge in [-0.1, -0.05) is 0 Å². The summed E-state index contributed by atoms with van der Waals surface area (Å²) in [7, 11) is 0. The molecule has 2 N–H and O–H groups in total. The Kier molecular flexibility index (Phi) is 4.18. The number of hydrazone groups is 1. The fourth-order valence-electron chi connectivity index (χ4n) is 1.83. The van der Waals surface area contributed by atoms with Crippen molar-refractivity contribution in [3.05, 3.63) is 47.8 Å². The van der Waals surface area contributed by atoms with E-state index in [1.165, 1.54) is 0 Å². The SMILES string of the molecule is CC(C)Oc1ccc(C=NN)cc1Cn1cccn1. The second kappa shape index (κ2) is 6.04. The zero-order chi connectivity index (χ0) is 13.7. The molecule has 5 heteroatoms. The molecule has 19 heavy (non-hydrogen) atoms. The van der Waals surface area contributed by atoms with Crippen LogP contribution in [0.5, 0.6) is 5.75 Å². The van der Waals surface area contributed by atoms with E-state index in [4.69, 9.17) is 10.6 Å². The van der Waals surface area contributed by atoms with Crippen LogP contribution in [0, 0.1) is 0 Å². The highest BCUT2D eigenvalue weighted by Crippen LogP contribution is 2.22. The summed E-state index contributed by atoms with van der Waals surface area (Å²) >= 11 is 0. The van der Waals surface area contributed by atoms with E-state index in [2.05, 4.69) is 10.2 Å². The standard InChI is InChI=1S/C14H18N4O/c1-11(2)19-14-5-4-12(9-16-15)8-13(14)10-18-7-3-6-17-18/h3-9,11H,10,15H2,1-2H3. The lowest BCUT2D eigenvalue weighted by atomic mass is 10.1. The largest absolute Gasteiger partial charge is 0.491 e. The maximum absolute atomic E-state index is 5.81. The fraction of sp³-hybridized carbons (Fsp3) is 0.286. The van der Waals surface area contributed by atoms with E-state index in [1.54, 1.807) is 12.4 Å². The van der Waals surface area contributed by atoms with Crippen LogP contribution in [0.25, 0.3) is 0 Å². The van der Waals surface area contributed by atoms with E-state index >= 15 is 0 Å². The second-order valence-corrected chi connectivity index (χ2v) is 4.52. The molecule has 0 bridgehead atoms. The van der Waals surface area contributed by atoms with Gasteiger partial charge in [0.2, 0.25) is 0 Å². The smallest absolute Gasteiger partial charge is 0.124 e. The Labute approximate surface area is 112 Å². The molecule has 0 spiro atoms. The molecule has 1 aromatic heterocycles. The lowest BCUT2D eigenvalue weighted by molar-refractivity contribution is 0.239. The van der Waals surface area contributed by atoms with E-state index in [0.717, 1.165) is 16.9 Å². The average Bonchev–Trinajstić information content (AvgIpc) is 2.85. The van der Waals surface area contributed by atoms with Gasteiger partial charge in [-0.25, -0.2) is 0 Å². The quantitative estimate of drug-likeness (QED) is 0.507. The Morgan fingerprint density at radius 1 is 1.47 bits per heavy atom. The molecule has 0 fully saturated rings. The number of hydrogen-bond donors (Lipinski definition) is 1. The van der Waals surface area contributed by atoms with Crippen molar-refractivity contribution in [1.29, 1.82) is 0 Å². The van der Waals surface area contributed by atoms with Gasteiger partial charge in [0.15, 0.2) is 0 Å². The van der Waals surface area contributed by atoms with Crippen LogP contribution in [0.15, 0.2) is 41.8 Å². The Morgan fingerprint density at radius 3 is 2.95 bits per heavy atom. The minimum Gasteiger partial charge on any atom is -0.491 e. The second-order valence-electron chi connectivity index (χ2n) is 4.52. The Hall–Kier alpha value is -2.30. The third-order valence-electron chi connectivity index (χ3n) is 2.56. The lowest BCUT2D eigenvalue weighted by Gasteiger charge is -2.15. The highest BCUT2D eigenvalue weighted by Gasteiger charge is 2.07. The van der Waals surface area contributed by atoms with Gasteiger partial charge in [-0.2, -0.15) is 10.2 Å². The van der Waals surface area contributed by atoms with Crippen molar-refractivity contribution < 1.29 is 4.74 Å². The first-order valence-electron chi connectivity index (χ1n) is 6.19. The highest BCUT2D eigenvalue weighted by atomic mass is 16.5. The molecular weight excluding hydrogens is 240 g/mol. The van der Waals surface area contributed by atoms with Gasteiger partial charge in [0.1, 0.15) is 5.75 Å². The van der Waals surface area contributed by atoms with E-state index in [0.29, 0.717) is 6.54 Å². The number of benzene rings is 1. The zero-order valence-electron chi connectivity index (χ0n) is 11.2. The van der Waals surface area contributed by atoms with Gasteiger partial charge in [-0.3, -0.25) is 4.68 Å². The van der Waals surface area contributed by atoms with Crippen molar-refractivity contribution in [3.63, 3.8) is 0 Å². The molecule has 2 aromatic rings. The van der Waals surface area contributed by atoms with Crippen molar-refractivity contribution in [3.8, 4) is 5.75 Å². The summed E-state index contributed by atoms with van der Waals surface area (Å²) in [6, 6.07) is 7.78. The predicted molar refractivity (Wildman–Crippen MR) is 75.3 cm³/mol. The minimum atomic E-state index is 0.130. The first-order valence-corrected chi connectivity index (χ1v) is 6.19. The molecule has 0 aliphatic rings. The first kappa shape index (κ1) is 13.1. The molecule has 5 nitrogen and oxygen atoms in total. The zero-order valence-corrected chi connectivity index (χ0v) is 11.2. The lowest BCUT2D eigenvalue weighted by Crippen LogP contribution is -2.10. The number of aromatic nitrogens is 2. The molecule has 1 aromatic carbocycles. The third kappa shape index (κ3) is 3.58. The van der Waals surface area contributed by atoms with Crippen molar-refractivity contribution in [2.24, 2.45) is 10.9 Å². The molecule has 0 unspecified atom stereocenters. The number of rotatable bonds is 5. The Balaban J connectivity index is 2.31. The molecule has 0 atom stereocenters. The van der Waals surface area contributed by atoms with E-state index in [9.17, 15) is 0 Å². The summed E-state index contributed by atoms with van der Waals surface area (Å²) in [5.74, 6) is 6.05. The number of ether oxygens (including phenoxy) is 1. The van der Waals surface area contributed by atoms with Crippen LogP contribution in [0.1, 0.15) is 25.0 Å². The summed E-state index contributed by atoms with van der Waals surface area (Å²) in [6.45, 7) is 4.67. The molecular formula is C14H18N4O. The van der Waals surface area contributed by atoms with E-state index in [1.807, 2.05) is 49.0 Å². The molecule has 0 radical (unpaired) electrons. The van der Waals surface area contributed by atoms with Crippen LogP contribution >= 0.6 is 0 Å². The minimum absolute atomic E-state index is 0.130. The number of hydrogen-bond acceptors (Lipinski definition) is 4. The van der Waals surface area contributed by atoms with Crippen LogP contribution in [0.3, 0.4) is 0 Å². The molecule has 0 saturated carbocycles. The third-order valence-corrected chi connectivity index (χ3v) is 2.56. The molecule has 0 aliphatic carbocycles. The number of nitrogens with two attached hydrogens (primary N) is 1.